The normalized spacial score (nSPS) is 14.6. The van der Waals surface area contributed by atoms with Crippen LogP contribution >= 0.6 is 7.82 Å². The maximum Gasteiger partial charge on any atom is 0.306 e. The molecule has 8 nitrogen and oxygen atoms in total. The van der Waals surface area contributed by atoms with Crippen molar-refractivity contribution in [3.05, 3.63) is 85.1 Å². The van der Waals surface area contributed by atoms with Crippen molar-refractivity contribution in [1.82, 2.24) is 0 Å². The van der Waals surface area contributed by atoms with Gasteiger partial charge in [-0.25, -0.2) is 0 Å². The largest absolute Gasteiger partial charge is 0.756 e. The first-order valence-corrected chi connectivity index (χ1v) is 23.8. The molecule has 0 aliphatic carbocycles. The maximum atomic E-state index is 12.7. The number of phosphoric acid groups is 1. The third-order valence-electron chi connectivity index (χ3n) is 8.93. The van der Waals surface area contributed by atoms with Crippen LogP contribution in [0.5, 0.6) is 0 Å². The molecule has 0 aromatic carbocycles. The topological polar surface area (TPSA) is 94.1 Å². The SMILES string of the molecule is CC/C=C\C/C=C\C/C=C\C/C=C\C/C=C\C/C=C\CCCCCOCC(COP(=O)([O-])OCC[N+](C)(C)C)OC(=O)CCCCCCC/C=C\CCCCCC. The van der Waals surface area contributed by atoms with E-state index in [1.165, 1.54) is 38.5 Å². The summed E-state index contributed by atoms with van der Waals surface area (Å²) in [4.78, 5) is 25.0. The summed E-state index contributed by atoms with van der Waals surface area (Å²) in [5.74, 6) is -0.360. The van der Waals surface area contributed by atoms with Crippen molar-refractivity contribution in [2.45, 2.75) is 161 Å². The van der Waals surface area contributed by atoms with Gasteiger partial charge < -0.3 is 27.9 Å². The summed E-state index contributed by atoms with van der Waals surface area (Å²) in [6.07, 6.45) is 53.1. The number of carbonyl (C=O) groups excluding carboxylic acids is 1. The van der Waals surface area contributed by atoms with Crippen LogP contribution in [0.1, 0.15) is 155 Å². The molecule has 0 aromatic heterocycles. The Morgan fingerprint density at radius 2 is 1.02 bits per heavy atom. The van der Waals surface area contributed by atoms with E-state index in [0.717, 1.165) is 96.3 Å². The lowest BCUT2D eigenvalue weighted by molar-refractivity contribution is -0.870. The number of phosphoric ester groups is 1. The molecule has 0 N–H and O–H groups in total. The van der Waals surface area contributed by atoms with Gasteiger partial charge in [-0.05, 0) is 89.9 Å². The van der Waals surface area contributed by atoms with Crippen LogP contribution < -0.4 is 4.89 Å². The van der Waals surface area contributed by atoms with Gasteiger partial charge in [0.2, 0.25) is 0 Å². The van der Waals surface area contributed by atoms with Gasteiger partial charge in [0.15, 0.2) is 0 Å². The Bertz CT molecular complexity index is 1180. The summed E-state index contributed by atoms with van der Waals surface area (Å²) >= 11 is 0. The predicted molar refractivity (Wildman–Crippen MR) is 240 cm³/mol. The van der Waals surface area contributed by atoms with E-state index in [1.54, 1.807) is 0 Å². The first-order valence-electron chi connectivity index (χ1n) is 22.3. The van der Waals surface area contributed by atoms with E-state index in [9.17, 15) is 14.3 Å². The zero-order valence-corrected chi connectivity index (χ0v) is 37.9. The number of ether oxygens (including phenoxy) is 2. The molecule has 0 heterocycles. The fourth-order valence-corrected chi connectivity index (χ4v) is 6.21. The van der Waals surface area contributed by atoms with Gasteiger partial charge in [-0.1, -0.05) is 144 Å². The fraction of sp³-hybridized carbons (Fsp3) is 0.688. The Morgan fingerprint density at radius 1 is 0.561 bits per heavy atom. The highest BCUT2D eigenvalue weighted by atomic mass is 31.2. The lowest BCUT2D eigenvalue weighted by atomic mass is 10.1. The van der Waals surface area contributed by atoms with Crippen LogP contribution in [-0.2, 0) is 27.9 Å². The van der Waals surface area contributed by atoms with Gasteiger partial charge in [0.1, 0.15) is 19.3 Å². The number of quaternary nitrogens is 1. The van der Waals surface area contributed by atoms with E-state index < -0.39 is 13.9 Å². The average molecular weight is 818 g/mol. The third kappa shape index (κ3) is 44.6. The van der Waals surface area contributed by atoms with Crippen molar-refractivity contribution in [3.63, 3.8) is 0 Å². The molecule has 0 saturated heterocycles. The number of nitrogens with zero attached hydrogens (tertiary/aromatic N) is 1. The van der Waals surface area contributed by atoms with Crippen molar-refractivity contribution < 1.29 is 37.3 Å². The number of carbonyl (C=O) groups is 1. The van der Waals surface area contributed by atoms with E-state index >= 15 is 0 Å². The molecule has 0 amide bonds. The van der Waals surface area contributed by atoms with Gasteiger partial charge in [-0.3, -0.25) is 9.36 Å². The molecular weight excluding hydrogens is 734 g/mol. The molecule has 2 unspecified atom stereocenters. The fourth-order valence-electron chi connectivity index (χ4n) is 5.48. The molecule has 0 aromatic rings. The highest BCUT2D eigenvalue weighted by Crippen LogP contribution is 2.38. The molecular formula is C48H84NO7P. The minimum Gasteiger partial charge on any atom is -0.756 e. The summed E-state index contributed by atoms with van der Waals surface area (Å²) in [6.45, 7) is 5.16. The van der Waals surface area contributed by atoms with Crippen molar-refractivity contribution >= 4 is 13.8 Å². The maximum absolute atomic E-state index is 12.7. The van der Waals surface area contributed by atoms with E-state index in [-0.39, 0.29) is 32.2 Å². The quantitative estimate of drug-likeness (QED) is 0.0200. The minimum absolute atomic E-state index is 0.0130. The summed E-state index contributed by atoms with van der Waals surface area (Å²) in [5, 5.41) is 0. The zero-order chi connectivity index (χ0) is 42.0. The predicted octanol–water partition coefficient (Wildman–Crippen LogP) is 12.6. The van der Waals surface area contributed by atoms with Gasteiger partial charge in [0, 0.05) is 13.0 Å². The molecule has 0 spiro atoms. The van der Waals surface area contributed by atoms with Gasteiger partial charge in [-0.2, -0.15) is 0 Å². The second kappa shape index (κ2) is 40.5. The van der Waals surface area contributed by atoms with E-state index in [2.05, 4.69) is 98.9 Å². The first kappa shape index (κ1) is 54.7. The van der Waals surface area contributed by atoms with Crippen LogP contribution in [0.25, 0.3) is 0 Å². The monoisotopic (exact) mass is 818 g/mol. The molecule has 9 heteroatoms. The van der Waals surface area contributed by atoms with E-state index in [4.69, 9.17) is 18.5 Å². The number of hydrogen-bond donors (Lipinski definition) is 0. The number of rotatable bonds is 40. The molecule has 0 bridgehead atoms. The van der Waals surface area contributed by atoms with Crippen LogP contribution in [-0.4, -0.2) is 70.7 Å². The van der Waals surface area contributed by atoms with Crippen molar-refractivity contribution in [2.75, 3.05) is 54.1 Å². The molecule has 0 aliphatic rings. The second-order valence-corrected chi connectivity index (χ2v) is 17.1. The van der Waals surface area contributed by atoms with E-state index in [1.807, 2.05) is 21.1 Å². The van der Waals surface area contributed by atoms with E-state index in [0.29, 0.717) is 17.6 Å². The first-order chi connectivity index (χ1) is 27.6. The van der Waals surface area contributed by atoms with Crippen molar-refractivity contribution in [1.29, 1.82) is 0 Å². The molecule has 328 valence electrons. The molecule has 0 rings (SSSR count). The number of unbranched alkanes of at least 4 members (excludes halogenated alkanes) is 12. The van der Waals surface area contributed by atoms with Crippen LogP contribution in [0.15, 0.2) is 85.1 Å². The Balaban J connectivity index is 4.31. The number of likely N-dealkylation sites (N-methyl/N-ethyl adjacent to an activating group) is 1. The zero-order valence-electron chi connectivity index (χ0n) is 37.0. The van der Waals surface area contributed by atoms with Crippen molar-refractivity contribution in [3.8, 4) is 0 Å². The standard InChI is InChI=1S/C48H84NO7P/c1-6-8-10-12-14-16-18-20-21-22-23-24-25-26-27-28-30-32-34-36-38-40-43-53-45-47(46-55-57(51,52)54-44-42-49(3,4)5)56-48(50)41-39-37-35-33-31-29-19-17-15-13-11-9-7-2/h8,10,14,16-17,19-21,23-24,26-27,30,32,47H,6-7,9,11-13,15,18,22,25,28-29,31,33-46H2,1-5H3/b10-8-,16-14-,19-17-,21-20-,24-23-,27-26-,32-30-. The van der Waals surface area contributed by atoms with Crippen LogP contribution in [0.4, 0.5) is 0 Å². The van der Waals surface area contributed by atoms with Gasteiger partial charge in [0.25, 0.3) is 7.82 Å². The Morgan fingerprint density at radius 3 is 1.54 bits per heavy atom. The van der Waals surface area contributed by atoms with Crippen LogP contribution in [0.2, 0.25) is 0 Å². The van der Waals surface area contributed by atoms with Crippen LogP contribution in [0.3, 0.4) is 0 Å². The summed E-state index contributed by atoms with van der Waals surface area (Å²) in [5.41, 5.74) is 0. The molecule has 0 saturated carbocycles. The second-order valence-electron chi connectivity index (χ2n) is 15.7. The average Bonchev–Trinajstić information content (AvgIpc) is 3.16. The number of hydrogen-bond acceptors (Lipinski definition) is 7. The minimum atomic E-state index is -4.54. The van der Waals surface area contributed by atoms with Gasteiger partial charge in [0.05, 0.1) is 34.4 Å². The molecule has 2 atom stereocenters. The van der Waals surface area contributed by atoms with Crippen LogP contribution in [0, 0.1) is 0 Å². The summed E-state index contributed by atoms with van der Waals surface area (Å²) in [6, 6.07) is 0. The Hall–Kier alpha value is -2.32. The summed E-state index contributed by atoms with van der Waals surface area (Å²) in [7, 11) is 1.31. The highest BCUT2D eigenvalue weighted by molar-refractivity contribution is 7.45. The summed E-state index contributed by atoms with van der Waals surface area (Å²) < 4.78 is 34.5. The number of esters is 1. The highest BCUT2D eigenvalue weighted by Gasteiger charge is 2.20. The lowest BCUT2D eigenvalue weighted by Crippen LogP contribution is -2.37. The molecule has 57 heavy (non-hydrogen) atoms. The molecule has 0 fully saturated rings. The Labute approximate surface area is 350 Å². The molecule has 0 radical (unpaired) electrons. The Kier molecular flexibility index (Phi) is 38.8. The van der Waals surface area contributed by atoms with Gasteiger partial charge >= 0.3 is 5.97 Å². The third-order valence-corrected chi connectivity index (χ3v) is 9.89. The molecule has 0 aliphatic heterocycles. The lowest BCUT2D eigenvalue weighted by Gasteiger charge is -2.28. The van der Waals surface area contributed by atoms with Gasteiger partial charge in [-0.15, -0.1) is 0 Å². The number of allylic oxidation sites excluding steroid dienone is 14. The smallest absolute Gasteiger partial charge is 0.306 e. The van der Waals surface area contributed by atoms with Crippen molar-refractivity contribution in [2.24, 2.45) is 0 Å².